The number of carbonyl (C=O) groups is 3. The summed E-state index contributed by atoms with van der Waals surface area (Å²) < 4.78 is 5.23. The summed E-state index contributed by atoms with van der Waals surface area (Å²) in [4.78, 5) is 39.2. The summed E-state index contributed by atoms with van der Waals surface area (Å²) in [6.07, 6.45) is 10.5. The fraction of sp³-hybridized carbons (Fsp3) is 0.714. The second kappa shape index (κ2) is 15.5. The maximum absolute atomic E-state index is 11.8. The summed E-state index contributed by atoms with van der Waals surface area (Å²) in [5.41, 5.74) is 7.45. The summed E-state index contributed by atoms with van der Waals surface area (Å²) in [5.74, 6) is -0.695. The Bertz CT molecular complexity index is 917. The van der Waals surface area contributed by atoms with Crippen molar-refractivity contribution in [3.8, 4) is 0 Å². The first-order valence-corrected chi connectivity index (χ1v) is 13.9. The van der Waals surface area contributed by atoms with Crippen LogP contribution in [-0.2, 0) is 27.2 Å². The minimum Gasteiger partial charge on any atom is -0.481 e. The van der Waals surface area contributed by atoms with Gasteiger partial charge in [-0.3, -0.25) is 9.59 Å². The van der Waals surface area contributed by atoms with Crippen LogP contribution in [0.15, 0.2) is 12.1 Å². The molecule has 0 unspecified atom stereocenters. The number of ether oxygens (including phenoxy) is 1. The molecule has 0 aromatic carbocycles. The number of pyridine rings is 1. The molecule has 2 atom stereocenters. The Morgan fingerprint density at radius 1 is 1.13 bits per heavy atom. The summed E-state index contributed by atoms with van der Waals surface area (Å²) in [7, 11) is 0. The smallest absolute Gasteiger partial charge is 0.410 e. The lowest BCUT2D eigenvalue weighted by Crippen LogP contribution is -2.40. The van der Waals surface area contributed by atoms with Crippen LogP contribution in [-0.4, -0.2) is 68.9 Å². The number of anilines is 1. The normalized spacial score (nSPS) is 17.5. The van der Waals surface area contributed by atoms with Crippen molar-refractivity contribution in [3.05, 3.63) is 23.4 Å². The topological polar surface area (TPSA) is 155 Å². The molecule has 1 aromatic heterocycles. The number of nitrogens with two attached hydrogens (primary N) is 1. The number of amides is 1. The number of aryl methyl sites for hydroxylation is 2. The van der Waals surface area contributed by atoms with Crippen molar-refractivity contribution in [3.63, 3.8) is 0 Å². The number of hydrogen-bond acceptors (Lipinski definition) is 7. The molecule has 1 saturated heterocycles. The van der Waals surface area contributed by atoms with Gasteiger partial charge in [0.25, 0.3) is 0 Å². The number of carboxylic acids is 2. The number of nitrogens with one attached hydrogen (secondary N) is 1. The quantitative estimate of drug-likeness (QED) is 0.298. The molecule has 3 heterocycles. The molecule has 0 spiro atoms. The number of likely N-dealkylation sites (tertiary alicyclic amines) is 1. The number of hydrogen-bond donors (Lipinski definition) is 4. The van der Waals surface area contributed by atoms with Gasteiger partial charge in [0.15, 0.2) is 0 Å². The number of rotatable bonds is 11. The van der Waals surface area contributed by atoms with E-state index < -0.39 is 29.7 Å². The van der Waals surface area contributed by atoms with E-state index in [1.807, 2.05) is 0 Å². The molecule has 0 saturated carbocycles. The Balaban J connectivity index is 0.000000281. The summed E-state index contributed by atoms with van der Waals surface area (Å²) >= 11 is 0. The first kappa shape index (κ1) is 31.3. The van der Waals surface area contributed by atoms with Crippen LogP contribution in [0.2, 0.25) is 0 Å². The van der Waals surface area contributed by atoms with E-state index in [4.69, 9.17) is 25.7 Å². The monoisotopic (exact) mass is 534 g/mol. The lowest BCUT2D eigenvalue weighted by Gasteiger charge is -2.27. The number of carbonyl (C=O) groups excluding carboxylic acids is 1. The third-order valence-corrected chi connectivity index (χ3v) is 6.63. The highest BCUT2D eigenvalue weighted by Crippen LogP contribution is 2.23. The van der Waals surface area contributed by atoms with Crippen LogP contribution in [0.4, 0.5) is 10.6 Å². The van der Waals surface area contributed by atoms with Gasteiger partial charge in [-0.15, -0.1) is 0 Å². The maximum Gasteiger partial charge on any atom is 0.410 e. The molecule has 1 amide bonds. The van der Waals surface area contributed by atoms with Crippen molar-refractivity contribution in [1.82, 2.24) is 9.88 Å². The standard InChI is InChI=1S/C17H27N3O2.C11H19NO4/c18-15(17(21)22)9-5-3-1-2-4-8-14-11-10-13-7-6-12-19-16(13)20-14;1-11(2,3)16-10(15)12-6-4-5-8(12)7-9(13)14/h10-11,15H,1-9,12,18H2,(H,19,20)(H,21,22);8H,4-7H2,1-3H3,(H,13,14)/t15-;8-/m00/s1. The van der Waals surface area contributed by atoms with Crippen LogP contribution in [0.5, 0.6) is 0 Å². The summed E-state index contributed by atoms with van der Waals surface area (Å²) in [6, 6.07) is 3.44. The second-order valence-corrected chi connectivity index (χ2v) is 11.2. The van der Waals surface area contributed by atoms with Crippen LogP contribution in [0.1, 0.15) is 96.2 Å². The SMILES string of the molecule is CC(C)(C)OC(=O)N1CCC[C@H]1CC(=O)O.N[C@@H](CCCCCCCc1ccc2c(n1)NCCC2)C(=O)O. The van der Waals surface area contributed by atoms with Crippen molar-refractivity contribution in [2.75, 3.05) is 18.4 Å². The fourth-order valence-electron chi connectivity index (χ4n) is 4.64. The van der Waals surface area contributed by atoms with Gasteiger partial charge in [0.2, 0.25) is 0 Å². The highest BCUT2D eigenvalue weighted by molar-refractivity contribution is 5.73. The number of aromatic nitrogens is 1. The molecular weight excluding hydrogens is 488 g/mol. The first-order valence-electron chi connectivity index (χ1n) is 13.9. The molecule has 3 rings (SSSR count). The zero-order valence-corrected chi connectivity index (χ0v) is 23.2. The van der Waals surface area contributed by atoms with Gasteiger partial charge in [-0.05, 0) is 77.3 Å². The van der Waals surface area contributed by atoms with E-state index in [9.17, 15) is 14.4 Å². The highest BCUT2D eigenvalue weighted by atomic mass is 16.6. The van der Waals surface area contributed by atoms with Gasteiger partial charge >= 0.3 is 18.0 Å². The maximum atomic E-state index is 11.8. The summed E-state index contributed by atoms with van der Waals surface area (Å²) in [5, 5.41) is 20.8. The molecule has 214 valence electrons. The Labute approximate surface area is 226 Å². The van der Waals surface area contributed by atoms with Crippen molar-refractivity contribution in [2.24, 2.45) is 5.73 Å². The molecule has 1 fully saturated rings. The molecule has 0 radical (unpaired) electrons. The van der Waals surface area contributed by atoms with Crippen molar-refractivity contribution in [2.45, 2.75) is 116 Å². The minimum atomic E-state index is -0.896. The van der Waals surface area contributed by atoms with Gasteiger partial charge in [0, 0.05) is 24.8 Å². The molecule has 38 heavy (non-hydrogen) atoms. The molecule has 10 nitrogen and oxygen atoms in total. The van der Waals surface area contributed by atoms with Gasteiger partial charge in [0.1, 0.15) is 17.5 Å². The largest absolute Gasteiger partial charge is 0.481 e. The van der Waals surface area contributed by atoms with Gasteiger partial charge in [-0.1, -0.05) is 31.7 Å². The Morgan fingerprint density at radius 2 is 1.84 bits per heavy atom. The van der Waals surface area contributed by atoms with E-state index >= 15 is 0 Å². The van der Waals surface area contributed by atoms with Gasteiger partial charge in [0.05, 0.1) is 6.42 Å². The zero-order chi connectivity index (χ0) is 28.1. The number of fused-ring (bicyclic) bond motifs is 1. The van der Waals surface area contributed by atoms with Crippen LogP contribution in [0.25, 0.3) is 0 Å². The molecule has 2 aliphatic rings. The third kappa shape index (κ3) is 11.7. The average Bonchev–Trinajstić information content (AvgIpc) is 3.30. The van der Waals surface area contributed by atoms with Gasteiger partial charge in [-0.25, -0.2) is 9.78 Å². The first-order chi connectivity index (χ1) is 18.0. The Hall–Kier alpha value is -2.88. The van der Waals surface area contributed by atoms with Crippen LogP contribution < -0.4 is 11.1 Å². The van der Waals surface area contributed by atoms with Crippen LogP contribution >= 0.6 is 0 Å². The van der Waals surface area contributed by atoms with E-state index in [-0.39, 0.29) is 12.5 Å². The Kier molecular flexibility index (Phi) is 12.8. The lowest BCUT2D eigenvalue weighted by atomic mass is 10.0. The molecule has 1 aromatic rings. The molecule has 0 aliphatic carbocycles. The minimum absolute atomic E-state index is 0.000751. The molecule has 5 N–H and O–H groups in total. The van der Waals surface area contributed by atoms with Crippen molar-refractivity contribution < 1.29 is 29.3 Å². The van der Waals surface area contributed by atoms with Gasteiger partial charge < -0.3 is 30.9 Å². The lowest BCUT2D eigenvalue weighted by molar-refractivity contribution is -0.139. The predicted molar refractivity (Wildman–Crippen MR) is 146 cm³/mol. The van der Waals surface area contributed by atoms with E-state index in [2.05, 4.69) is 17.4 Å². The second-order valence-electron chi connectivity index (χ2n) is 11.2. The van der Waals surface area contributed by atoms with E-state index in [1.165, 1.54) is 22.6 Å². The fourth-order valence-corrected chi connectivity index (χ4v) is 4.64. The predicted octanol–water partition coefficient (Wildman–Crippen LogP) is 4.60. The van der Waals surface area contributed by atoms with Crippen LogP contribution in [0.3, 0.4) is 0 Å². The number of nitrogens with zero attached hydrogens (tertiary/aromatic N) is 2. The van der Waals surface area contributed by atoms with E-state index in [0.717, 1.165) is 70.2 Å². The zero-order valence-electron chi connectivity index (χ0n) is 23.2. The molecule has 2 aliphatic heterocycles. The third-order valence-electron chi connectivity index (χ3n) is 6.63. The Morgan fingerprint density at radius 3 is 2.53 bits per heavy atom. The van der Waals surface area contributed by atoms with Crippen molar-refractivity contribution in [1.29, 1.82) is 0 Å². The summed E-state index contributed by atoms with van der Waals surface area (Å²) in [6.45, 7) is 7.02. The number of aliphatic carboxylic acids is 2. The molecule has 0 bridgehead atoms. The van der Waals surface area contributed by atoms with E-state index in [1.54, 1.807) is 20.8 Å². The highest BCUT2D eigenvalue weighted by Gasteiger charge is 2.33. The molecule has 10 heteroatoms. The van der Waals surface area contributed by atoms with Gasteiger partial charge in [-0.2, -0.15) is 0 Å². The van der Waals surface area contributed by atoms with E-state index in [0.29, 0.717) is 13.0 Å². The number of unbranched alkanes of at least 4 members (excludes halogenated alkanes) is 4. The molecular formula is C28H46N4O6. The van der Waals surface area contributed by atoms with Crippen LogP contribution in [0, 0.1) is 0 Å². The average molecular weight is 535 g/mol. The number of carboxylic acid groups (broad SMARTS) is 2. The van der Waals surface area contributed by atoms with Crippen molar-refractivity contribution >= 4 is 23.8 Å².